The van der Waals surface area contributed by atoms with Gasteiger partial charge in [0.15, 0.2) is 0 Å². The van der Waals surface area contributed by atoms with Crippen molar-refractivity contribution in [3.05, 3.63) is 17.0 Å². The minimum atomic E-state index is 0.528. The highest BCUT2D eigenvalue weighted by Crippen LogP contribution is 2.13. The van der Waals surface area contributed by atoms with Gasteiger partial charge in [0.2, 0.25) is 0 Å². The smallest absolute Gasteiger partial charge is 0.134 e. The fourth-order valence-corrected chi connectivity index (χ4v) is 2.79. The molecule has 2 rings (SSSR count). The standard InChI is InChI=1S/C15H25ClN4/c1-2-7-14-18-13(16)12-15(19-14)17-8-11-20-9-5-3-4-6-10-20/h12H,2-11H2,1H3,(H,17,18,19). The molecule has 2 heterocycles. The second-order valence-corrected chi connectivity index (χ2v) is 5.81. The minimum Gasteiger partial charge on any atom is -0.369 e. The van der Waals surface area contributed by atoms with Crippen molar-refractivity contribution in [2.45, 2.75) is 45.4 Å². The normalized spacial score (nSPS) is 16.9. The van der Waals surface area contributed by atoms with Crippen molar-refractivity contribution in [3.63, 3.8) is 0 Å². The quantitative estimate of drug-likeness (QED) is 0.817. The molecule has 4 nitrogen and oxygen atoms in total. The highest BCUT2D eigenvalue weighted by molar-refractivity contribution is 6.29. The molecule has 0 saturated carbocycles. The second kappa shape index (κ2) is 8.42. The predicted molar refractivity (Wildman–Crippen MR) is 84.4 cm³/mol. The van der Waals surface area contributed by atoms with Crippen molar-refractivity contribution in [1.29, 1.82) is 0 Å². The molecule has 0 unspecified atom stereocenters. The van der Waals surface area contributed by atoms with Crippen LogP contribution in [0.4, 0.5) is 5.82 Å². The minimum absolute atomic E-state index is 0.528. The highest BCUT2D eigenvalue weighted by Gasteiger charge is 2.08. The average molecular weight is 297 g/mol. The van der Waals surface area contributed by atoms with Gasteiger partial charge in [0.05, 0.1) is 0 Å². The van der Waals surface area contributed by atoms with Crippen LogP contribution in [0.25, 0.3) is 0 Å². The number of likely N-dealkylation sites (tertiary alicyclic amines) is 1. The molecule has 0 radical (unpaired) electrons. The summed E-state index contributed by atoms with van der Waals surface area (Å²) in [5, 5.41) is 3.90. The number of rotatable bonds is 6. The van der Waals surface area contributed by atoms with E-state index in [2.05, 4.69) is 27.1 Å². The molecule has 1 saturated heterocycles. The van der Waals surface area contributed by atoms with Gasteiger partial charge in [-0.25, -0.2) is 9.97 Å². The Morgan fingerprint density at radius 3 is 2.65 bits per heavy atom. The Hall–Kier alpha value is -0.870. The molecular formula is C15H25ClN4. The van der Waals surface area contributed by atoms with E-state index in [1.165, 1.54) is 38.8 Å². The van der Waals surface area contributed by atoms with Crippen molar-refractivity contribution < 1.29 is 0 Å². The van der Waals surface area contributed by atoms with Gasteiger partial charge < -0.3 is 10.2 Å². The van der Waals surface area contributed by atoms with Crippen molar-refractivity contribution in [1.82, 2.24) is 14.9 Å². The second-order valence-electron chi connectivity index (χ2n) is 5.42. The van der Waals surface area contributed by atoms with Gasteiger partial charge in [-0.2, -0.15) is 0 Å². The Kier molecular flexibility index (Phi) is 6.54. The van der Waals surface area contributed by atoms with Crippen LogP contribution in [0.1, 0.15) is 44.9 Å². The summed E-state index contributed by atoms with van der Waals surface area (Å²) in [6, 6.07) is 1.81. The van der Waals surface area contributed by atoms with E-state index < -0.39 is 0 Å². The lowest BCUT2D eigenvalue weighted by atomic mass is 10.2. The maximum absolute atomic E-state index is 6.03. The number of anilines is 1. The zero-order valence-corrected chi connectivity index (χ0v) is 13.1. The van der Waals surface area contributed by atoms with Gasteiger partial charge in [-0.05, 0) is 32.4 Å². The van der Waals surface area contributed by atoms with Crippen LogP contribution in [0.2, 0.25) is 5.15 Å². The fraction of sp³-hybridized carbons (Fsp3) is 0.733. The van der Waals surface area contributed by atoms with Crippen LogP contribution in [0.5, 0.6) is 0 Å². The average Bonchev–Trinajstić information content (AvgIpc) is 2.67. The summed E-state index contributed by atoms with van der Waals surface area (Å²) in [7, 11) is 0. The van der Waals surface area contributed by atoms with Crippen LogP contribution in [-0.2, 0) is 6.42 Å². The summed E-state index contributed by atoms with van der Waals surface area (Å²) in [5.74, 6) is 1.68. The molecule has 0 aromatic carbocycles. The van der Waals surface area contributed by atoms with Crippen molar-refractivity contribution in [2.75, 3.05) is 31.5 Å². The van der Waals surface area contributed by atoms with E-state index in [1.807, 2.05) is 6.07 Å². The first kappa shape index (κ1) is 15.5. The van der Waals surface area contributed by atoms with E-state index in [0.717, 1.165) is 37.6 Å². The molecule has 0 aliphatic carbocycles. The van der Waals surface area contributed by atoms with Crippen LogP contribution in [0, 0.1) is 0 Å². The van der Waals surface area contributed by atoms with E-state index in [0.29, 0.717) is 5.15 Å². The van der Waals surface area contributed by atoms with Crippen LogP contribution in [0.3, 0.4) is 0 Å². The van der Waals surface area contributed by atoms with Gasteiger partial charge in [0.25, 0.3) is 0 Å². The monoisotopic (exact) mass is 296 g/mol. The summed E-state index contributed by atoms with van der Waals surface area (Å²) in [5.41, 5.74) is 0. The number of hydrogen-bond donors (Lipinski definition) is 1. The molecule has 1 N–H and O–H groups in total. The molecule has 0 bridgehead atoms. The number of halogens is 1. The van der Waals surface area contributed by atoms with E-state index in [4.69, 9.17) is 11.6 Å². The van der Waals surface area contributed by atoms with E-state index in [1.54, 1.807) is 0 Å². The molecule has 1 aromatic heterocycles. The lowest BCUT2D eigenvalue weighted by Crippen LogP contribution is -2.30. The van der Waals surface area contributed by atoms with Crippen LogP contribution in [-0.4, -0.2) is 41.0 Å². The van der Waals surface area contributed by atoms with Crippen molar-refractivity contribution in [3.8, 4) is 0 Å². The summed E-state index contributed by atoms with van der Waals surface area (Å²) in [4.78, 5) is 11.3. The van der Waals surface area contributed by atoms with E-state index in [-0.39, 0.29) is 0 Å². The largest absolute Gasteiger partial charge is 0.369 e. The third-order valence-corrected chi connectivity index (χ3v) is 3.84. The number of nitrogens with zero attached hydrogens (tertiary/aromatic N) is 3. The first-order valence-electron chi connectivity index (χ1n) is 7.77. The van der Waals surface area contributed by atoms with Gasteiger partial charge in [-0.15, -0.1) is 0 Å². The van der Waals surface area contributed by atoms with Gasteiger partial charge >= 0.3 is 0 Å². The first-order valence-corrected chi connectivity index (χ1v) is 8.15. The molecule has 0 spiro atoms. The first-order chi connectivity index (χ1) is 9.78. The van der Waals surface area contributed by atoms with Crippen molar-refractivity contribution in [2.24, 2.45) is 0 Å². The molecule has 1 aromatic rings. The Labute approximate surface area is 126 Å². The van der Waals surface area contributed by atoms with E-state index in [9.17, 15) is 0 Å². The fourth-order valence-electron chi connectivity index (χ4n) is 2.59. The zero-order chi connectivity index (χ0) is 14.2. The molecule has 1 aliphatic rings. The lowest BCUT2D eigenvalue weighted by molar-refractivity contribution is 0.296. The zero-order valence-electron chi connectivity index (χ0n) is 12.4. The van der Waals surface area contributed by atoms with Gasteiger partial charge in [-0.1, -0.05) is 31.4 Å². The Morgan fingerprint density at radius 1 is 1.20 bits per heavy atom. The van der Waals surface area contributed by atoms with Gasteiger partial charge in [-0.3, -0.25) is 0 Å². The molecule has 1 fully saturated rings. The third kappa shape index (κ3) is 5.25. The molecular weight excluding hydrogens is 272 g/mol. The SMILES string of the molecule is CCCc1nc(Cl)cc(NCCN2CCCCCC2)n1. The number of aromatic nitrogens is 2. The van der Waals surface area contributed by atoms with E-state index >= 15 is 0 Å². The summed E-state index contributed by atoms with van der Waals surface area (Å²) in [6.07, 6.45) is 7.34. The van der Waals surface area contributed by atoms with Gasteiger partial charge in [0, 0.05) is 25.6 Å². The number of hydrogen-bond acceptors (Lipinski definition) is 4. The summed E-state index contributed by atoms with van der Waals surface area (Å²) >= 11 is 6.03. The molecule has 5 heteroatoms. The maximum atomic E-state index is 6.03. The number of nitrogens with one attached hydrogen (secondary N) is 1. The molecule has 1 aliphatic heterocycles. The third-order valence-electron chi connectivity index (χ3n) is 3.65. The lowest BCUT2D eigenvalue weighted by Gasteiger charge is -2.20. The molecule has 0 atom stereocenters. The Bertz CT molecular complexity index is 403. The summed E-state index contributed by atoms with van der Waals surface area (Å²) < 4.78 is 0. The van der Waals surface area contributed by atoms with Crippen molar-refractivity contribution >= 4 is 17.4 Å². The Morgan fingerprint density at radius 2 is 1.95 bits per heavy atom. The topological polar surface area (TPSA) is 41.1 Å². The molecule has 20 heavy (non-hydrogen) atoms. The predicted octanol–water partition coefficient (Wildman–Crippen LogP) is 3.37. The number of aryl methyl sites for hydroxylation is 1. The molecule has 0 amide bonds. The highest BCUT2D eigenvalue weighted by atomic mass is 35.5. The van der Waals surface area contributed by atoms with Crippen LogP contribution < -0.4 is 5.32 Å². The Balaban J connectivity index is 1.80. The summed E-state index contributed by atoms with van der Waals surface area (Å²) in [6.45, 7) is 6.57. The van der Waals surface area contributed by atoms with Crippen LogP contribution in [0.15, 0.2) is 6.07 Å². The maximum Gasteiger partial charge on any atom is 0.134 e. The molecule has 112 valence electrons. The van der Waals surface area contributed by atoms with Crippen LogP contribution >= 0.6 is 11.6 Å². The van der Waals surface area contributed by atoms with Gasteiger partial charge in [0.1, 0.15) is 16.8 Å².